The van der Waals surface area contributed by atoms with Crippen molar-refractivity contribution in [2.45, 2.75) is 64.1 Å². The predicted octanol–water partition coefficient (Wildman–Crippen LogP) is 3.89. The van der Waals surface area contributed by atoms with Crippen LogP contribution in [0.5, 0.6) is 0 Å². The van der Waals surface area contributed by atoms with Crippen LogP contribution in [0.4, 0.5) is 0 Å². The Hall–Kier alpha value is -1.38. The summed E-state index contributed by atoms with van der Waals surface area (Å²) in [7, 11) is 4.10. The highest BCUT2D eigenvalue weighted by molar-refractivity contribution is 7.99. The molecule has 0 aromatic carbocycles. The largest absolute Gasteiger partial charge is 0.341 e. The summed E-state index contributed by atoms with van der Waals surface area (Å²) in [6.45, 7) is 7.67. The lowest BCUT2D eigenvalue weighted by molar-refractivity contribution is -0.130. The van der Waals surface area contributed by atoms with Gasteiger partial charge in [0.25, 0.3) is 5.56 Å². The Kier molecular flexibility index (Phi) is 7.62. The molecular weight excluding hydrogens is 440 g/mol. The molecule has 6 nitrogen and oxygen atoms in total. The molecule has 2 aliphatic rings. The highest BCUT2D eigenvalue weighted by Gasteiger charge is 2.26. The average Bonchev–Trinajstić information content (AvgIpc) is 3.11. The molecule has 2 unspecified atom stereocenters. The lowest BCUT2D eigenvalue weighted by Gasteiger charge is -2.35. The molecule has 2 aromatic rings. The SMILES string of the molecule is CC1CC(C)CN(C(=O)CSc2nc3sc4c(c3c(=O)n2CCCN(C)C)CCCC4)C1. The maximum Gasteiger partial charge on any atom is 0.263 e. The van der Waals surface area contributed by atoms with Crippen molar-refractivity contribution in [2.75, 3.05) is 39.5 Å². The monoisotopic (exact) mass is 476 g/mol. The molecule has 176 valence electrons. The van der Waals surface area contributed by atoms with Gasteiger partial charge < -0.3 is 9.80 Å². The van der Waals surface area contributed by atoms with Crippen molar-refractivity contribution in [1.82, 2.24) is 19.4 Å². The van der Waals surface area contributed by atoms with Crippen LogP contribution in [0.3, 0.4) is 0 Å². The first-order chi connectivity index (χ1) is 15.3. The maximum atomic E-state index is 13.6. The zero-order valence-corrected chi connectivity index (χ0v) is 21.5. The summed E-state index contributed by atoms with van der Waals surface area (Å²) in [5.74, 6) is 1.59. The Labute approximate surface area is 199 Å². The smallest absolute Gasteiger partial charge is 0.263 e. The van der Waals surface area contributed by atoms with Crippen molar-refractivity contribution in [1.29, 1.82) is 0 Å². The fourth-order valence-corrected chi connectivity index (χ4v) is 7.39. The van der Waals surface area contributed by atoms with E-state index < -0.39 is 0 Å². The number of carbonyl (C=O) groups excluding carboxylic acids is 1. The number of piperidine rings is 1. The maximum absolute atomic E-state index is 13.6. The number of nitrogens with zero attached hydrogens (tertiary/aromatic N) is 4. The molecule has 0 bridgehead atoms. The van der Waals surface area contributed by atoms with Crippen LogP contribution in [0, 0.1) is 11.8 Å². The summed E-state index contributed by atoms with van der Waals surface area (Å²) in [4.78, 5) is 37.9. The average molecular weight is 477 g/mol. The van der Waals surface area contributed by atoms with Crippen LogP contribution in [0.1, 0.15) is 50.0 Å². The van der Waals surface area contributed by atoms with E-state index in [2.05, 4.69) is 32.8 Å². The van der Waals surface area contributed by atoms with Crippen LogP contribution in [0.2, 0.25) is 0 Å². The van der Waals surface area contributed by atoms with Crippen LogP contribution >= 0.6 is 23.1 Å². The van der Waals surface area contributed by atoms with Crippen LogP contribution < -0.4 is 5.56 Å². The first-order valence-electron chi connectivity index (χ1n) is 11.9. The Morgan fingerprint density at radius 1 is 1.19 bits per heavy atom. The Morgan fingerprint density at radius 3 is 2.62 bits per heavy atom. The fourth-order valence-electron chi connectivity index (χ4n) is 5.16. The summed E-state index contributed by atoms with van der Waals surface area (Å²) < 4.78 is 1.84. The van der Waals surface area contributed by atoms with Gasteiger partial charge in [-0.05, 0) is 76.6 Å². The van der Waals surface area contributed by atoms with Crippen molar-refractivity contribution in [3.63, 3.8) is 0 Å². The third-order valence-corrected chi connectivity index (χ3v) is 8.72. The zero-order valence-electron chi connectivity index (χ0n) is 19.9. The van der Waals surface area contributed by atoms with E-state index in [4.69, 9.17) is 4.98 Å². The standard InChI is InChI=1S/C24H36N4O2S2/c1-16-12-17(2)14-27(13-16)20(29)15-31-24-25-22-21(18-8-5-6-9-19(18)32-22)23(30)28(24)11-7-10-26(3)4/h16-17H,5-15H2,1-4H3. The number of thioether (sulfide) groups is 1. The van der Waals surface area contributed by atoms with Gasteiger partial charge in [-0.15, -0.1) is 11.3 Å². The number of hydrogen-bond acceptors (Lipinski definition) is 6. The predicted molar refractivity (Wildman–Crippen MR) is 134 cm³/mol. The molecule has 1 aliphatic heterocycles. The van der Waals surface area contributed by atoms with E-state index in [0.717, 1.165) is 55.5 Å². The minimum Gasteiger partial charge on any atom is -0.341 e. The van der Waals surface area contributed by atoms with E-state index >= 15 is 0 Å². The lowest BCUT2D eigenvalue weighted by atomic mass is 9.92. The van der Waals surface area contributed by atoms with Gasteiger partial charge in [-0.25, -0.2) is 4.98 Å². The molecule has 1 fully saturated rings. The van der Waals surface area contributed by atoms with E-state index in [1.807, 2.05) is 9.47 Å². The third-order valence-electron chi connectivity index (χ3n) is 6.57. The fraction of sp³-hybridized carbons (Fsp3) is 0.708. The summed E-state index contributed by atoms with van der Waals surface area (Å²) in [5.41, 5.74) is 1.32. The number of carbonyl (C=O) groups is 1. The summed E-state index contributed by atoms with van der Waals surface area (Å²) in [6.07, 6.45) is 6.46. The molecular formula is C24H36N4O2S2. The van der Waals surface area contributed by atoms with Crippen LogP contribution in [0.25, 0.3) is 10.2 Å². The Balaban J connectivity index is 1.60. The number of thiophene rings is 1. The minimum absolute atomic E-state index is 0.0864. The van der Waals surface area contributed by atoms with Gasteiger partial charge in [-0.1, -0.05) is 25.6 Å². The van der Waals surface area contributed by atoms with Crippen molar-refractivity contribution >= 4 is 39.2 Å². The highest BCUT2D eigenvalue weighted by Crippen LogP contribution is 2.35. The molecule has 0 N–H and O–H groups in total. The molecule has 2 atom stereocenters. The molecule has 32 heavy (non-hydrogen) atoms. The van der Waals surface area contributed by atoms with Crippen molar-refractivity contribution in [3.8, 4) is 0 Å². The van der Waals surface area contributed by atoms with E-state index in [1.54, 1.807) is 11.3 Å². The van der Waals surface area contributed by atoms with E-state index in [1.165, 1.54) is 35.0 Å². The number of amides is 1. The molecule has 1 aliphatic carbocycles. The van der Waals surface area contributed by atoms with Crippen molar-refractivity contribution in [3.05, 3.63) is 20.8 Å². The van der Waals surface area contributed by atoms with Gasteiger partial charge in [0, 0.05) is 24.5 Å². The molecule has 0 spiro atoms. The Morgan fingerprint density at radius 2 is 1.91 bits per heavy atom. The van der Waals surface area contributed by atoms with Crippen molar-refractivity contribution in [2.24, 2.45) is 11.8 Å². The second-order valence-electron chi connectivity index (χ2n) is 9.93. The number of aromatic nitrogens is 2. The van der Waals surface area contributed by atoms with Gasteiger partial charge >= 0.3 is 0 Å². The molecule has 2 aromatic heterocycles. The molecule has 4 rings (SSSR count). The molecule has 1 amide bonds. The van der Waals surface area contributed by atoms with Crippen LogP contribution in [-0.2, 0) is 24.2 Å². The quantitative estimate of drug-likeness (QED) is 0.448. The highest BCUT2D eigenvalue weighted by atomic mass is 32.2. The van der Waals surface area contributed by atoms with Crippen LogP contribution in [0.15, 0.2) is 9.95 Å². The lowest BCUT2D eigenvalue weighted by Crippen LogP contribution is -2.43. The van der Waals surface area contributed by atoms with Crippen molar-refractivity contribution < 1.29 is 4.79 Å². The van der Waals surface area contributed by atoms with Crippen LogP contribution in [-0.4, -0.2) is 64.7 Å². The van der Waals surface area contributed by atoms with Gasteiger partial charge in [0.05, 0.1) is 11.1 Å². The van der Waals surface area contributed by atoms with Gasteiger partial charge in [0.1, 0.15) is 4.83 Å². The minimum atomic E-state index is 0.0864. The third kappa shape index (κ3) is 5.23. The van der Waals surface area contributed by atoms with Gasteiger partial charge in [0.15, 0.2) is 5.16 Å². The second kappa shape index (κ2) is 10.3. The molecule has 0 radical (unpaired) electrons. The molecule has 3 heterocycles. The molecule has 0 saturated carbocycles. The topological polar surface area (TPSA) is 58.4 Å². The number of fused-ring (bicyclic) bond motifs is 3. The Bertz CT molecular complexity index is 1020. The van der Waals surface area contributed by atoms with E-state index in [9.17, 15) is 9.59 Å². The van der Waals surface area contributed by atoms with E-state index in [0.29, 0.717) is 29.3 Å². The molecule has 8 heteroatoms. The first kappa shape index (κ1) is 23.8. The normalized spacial score (nSPS) is 21.3. The summed E-state index contributed by atoms with van der Waals surface area (Å²) in [5, 5.41) is 1.54. The zero-order chi connectivity index (χ0) is 22.8. The number of hydrogen-bond donors (Lipinski definition) is 0. The number of likely N-dealkylation sites (tertiary alicyclic amines) is 1. The second-order valence-corrected chi connectivity index (χ2v) is 12.0. The summed E-state index contributed by atoms with van der Waals surface area (Å²) >= 11 is 3.13. The number of rotatable bonds is 7. The van der Waals surface area contributed by atoms with Gasteiger partial charge in [-0.2, -0.15) is 0 Å². The molecule has 1 saturated heterocycles. The number of aryl methyl sites for hydroxylation is 2. The van der Waals surface area contributed by atoms with Gasteiger partial charge in [0.2, 0.25) is 5.91 Å². The van der Waals surface area contributed by atoms with E-state index in [-0.39, 0.29) is 11.5 Å². The summed E-state index contributed by atoms with van der Waals surface area (Å²) in [6, 6.07) is 0. The first-order valence-corrected chi connectivity index (χ1v) is 13.7. The van der Waals surface area contributed by atoms with Gasteiger partial charge in [-0.3, -0.25) is 14.2 Å².